The van der Waals surface area contributed by atoms with Gasteiger partial charge in [0.2, 0.25) is 5.91 Å². The first kappa shape index (κ1) is 18.0. The molecule has 0 aliphatic heterocycles. The molecule has 0 heterocycles. The minimum absolute atomic E-state index is 0.0575. The summed E-state index contributed by atoms with van der Waals surface area (Å²) in [6.07, 6.45) is 2.87. The second-order valence-electron chi connectivity index (χ2n) is 6.02. The number of hydrogen-bond acceptors (Lipinski definition) is 3. The Morgan fingerprint density at radius 2 is 1.54 bits per heavy atom. The molecule has 0 unspecified atom stereocenters. The molecule has 0 radical (unpaired) electrons. The maximum absolute atomic E-state index is 12.0. The fraction of sp³-hybridized carbons (Fsp3) is 0.350. The molecule has 128 valence electrons. The molecule has 0 aliphatic rings. The molecule has 0 saturated carbocycles. The maximum atomic E-state index is 12.0. The van der Waals surface area contributed by atoms with Crippen LogP contribution in [0.2, 0.25) is 0 Å². The number of nitrogens with zero attached hydrogens (tertiary/aromatic N) is 1. The van der Waals surface area contributed by atoms with Gasteiger partial charge in [-0.05, 0) is 56.4 Å². The molecule has 2 rings (SSSR count). The van der Waals surface area contributed by atoms with Crippen LogP contribution in [-0.2, 0) is 4.79 Å². The second kappa shape index (κ2) is 9.73. The maximum Gasteiger partial charge on any atom is 0.225 e. The molecular weight excluding hydrogens is 298 g/mol. The molecule has 0 aliphatic carbocycles. The predicted molar refractivity (Wildman–Crippen MR) is 102 cm³/mol. The fourth-order valence-corrected chi connectivity index (χ4v) is 2.38. The summed E-state index contributed by atoms with van der Waals surface area (Å²) in [5, 5.41) is 6.28. The van der Waals surface area contributed by atoms with Gasteiger partial charge in [-0.1, -0.05) is 31.5 Å². The minimum Gasteiger partial charge on any atom is -0.356 e. The molecule has 4 heteroatoms. The molecule has 0 saturated heterocycles. The van der Waals surface area contributed by atoms with Crippen LogP contribution in [0.4, 0.5) is 17.1 Å². The van der Waals surface area contributed by atoms with Crippen LogP contribution in [0.3, 0.4) is 0 Å². The summed E-state index contributed by atoms with van der Waals surface area (Å²) in [4.78, 5) is 14.2. The Morgan fingerprint density at radius 1 is 0.917 bits per heavy atom. The fourth-order valence-electron chi connectivity index (χ4n) is 2.38. The van der Waals surface area contributed by atoms with E-state index < -0.39 is 0 Å². The van der Waals surface area contributed by atoms with Crippen molar-refractivity contribution in [3.63, 3.8) is 0 Å². The zero-order chi connectivity index (χ0) is 17.2. The SMILES string of the molecule is CCCCN(C)CCC(=O)Nc1ccc(Nc2ccccc2)cc1. The third-order valence-electron chi connectivity index (χ3n) is 3.85. The number of nitrogens with one attached hydrogen (secondary N) is 2. The Balaban J connectivity index is 1.77. The van der Waals surface area contributed by atoms with E-state index in [1.807, 2.05) is 54.6 Å². The zero-order valence-corrected chi connectivity index (χ0v) is 14.6. The van der Waals surface area contributed by atoms with Crippen molar-refractivity contribution in [2.75, 3.05) is 30.8 Å². The van der Waals surface area contributed by atoms with Crippen molar-refractivity contribution in [2.45, 2.75) is 26.2 Å². The number of rotatable bonds is 9. The van der Waals surface area contributed by atoms with E-state index in [0.29, 0.717) is 6.42 Å². The van der Waals surface area contributed by atoms with Crippen molar-refractivity contribution >= 4 is 23.0 Å². The highest BCUT2D eigenvalue weighted by Gasteiger charge is 2.05. The summed E-state index contributed by atoms with van der Waals surface area (Å²) >= 11 is 0. The quantitative estimate of drug-likeness (QED) is 0.714. The molecule has 2 N–H and O–H groups in total. The highest BCUT2D eigenvalue weighted by molar-refractivity contribution is 5.91. The largest absolute Gasteiger partial charge is 0.356 e. The van der Waals surface area contributed by atoms with Crippen molar-refractivity contribution in [2.24, 2.45) is 0 Å². The standard InChI is InChI=1S/C20H27N3O/c1-3-4-15-23(2)16-14-20(24)22-19-12-10-18(11-13-19)21-17-8-6-5-7-9-17/h5-13,21H,3-4,14-16H2,1-2H3,(H,22,24). The molecule has 2 aromatic carbocycles. The second-order valence-corrected chi connectivity index (χ2v) is 6.02. The van der Waals surface area contributed by atoms with E-state index in [2.05, 4.69) is 29.5 Å². The van der Waals surface area contributed by atoms with Crippen molar-refractivity contribution < 1.29 is 4.79 Å². The van der Waals surface area contributed by atoms with Gasteiger partial charge in [0.1, 0.15) is 0 Å². The van der Waals surface area contributed by atoms with Crippen LogP contribution >= 0.6 is 0 Å². The molecule has 0 spiro atoms. The Hall–Kier alpha value is -2.33. The van der Waals surface area contributed by atoms with Crippen LogP contribution in [0.25, 0.3) is 0 Å². The Labute approximate surface area is 144 Å². The molecular formula is C20H27N3O. The molecule has 1 amide bonds. The molecule has 0 aromatic heterocycles. The molecule has 0 fully saturated rings. The van der Waals surface area contributed by atoms with E-state index in [1.54, 1.807) is 0 Å². The first-order valence-electron chi connectivity index (χ1n) is 8.58. The van der Waals surface area contributed by atoms with Gasteiger partial charge in [-0.15, -0.1) is 0 Å². The van der Waals surface area contributed by atoms with Gasteiger partial charge < -0.3 is 15.5 Å². The topological polar surface area (TPSA) is 44.4 Å². The lowest BCUT2D eigenvalue weighted by atomic mass is 10.2. The number of amides is 1. The predicted octanol–water partition coefficient (Wildman–Crippen LogP) is 4.49. The van der Waals surface area contributed by atoms with Crippen LogP contribution in [0, 0.1) is 0 Å². The van der Waals surface area contributed by atoms with Crippen LogP contribution in [0.1, 0.15) is 26.2 Å². The van der Waals surface area contributed by atoms with Crippen LogP contribution < -0.4 is 10.6 Å². The van der Waals surface area contributed by atoms with Gasteiger partial charge in [0, 0.05) is 30.0 Å². The van der Waals surface area contributed by atoms with Crippen molar-refractivity contribution in [1.29, 1.82) is 0 Å². The third-order valence-corrected chi connectivity index (χ3v) is 3.85. The molecule has 0 atom stereocenters. The highest BCUT2D eigenvalue weighted by atomic mass is 16.1. The third kappa shape index (κ3) is 6.42. The lowest BCUT2D eigenvalue weighted by Crippen LogP contribution is -2.25. The van der Waals surface area contributed by atoms with Gasteiger partial charge in [-0.3, -0.25) is 4.79 Å². The van der Waals surface area contributed by atoms with Crippen LogP contribution in [-0.4, -0.2) is 30.9 Å². The van der Waals surface area contributed by atoms with Crippen molar-refractivity contribution in [3.8, 4) is 0 Å². The molecule has 24 heavy (non-hydrogen) atoms. The Kier molecular flexibility index (Phi) is 7.30. The average Bonchev–Trinajstić information content (AvgIpc) is 2.61. The summed E-state index contributed by atoms with van der Waals surface area (Å²) in [6.45, 7) is 4.01. The van der Waals surface area contributed by atoms with E-state index >= 15 is 0 Å². The summed E-state index contributed by atoms with van der Waals surface area (Å²) in [5.41, 5.74) is 2.87. The molecule has 0 bridgehead atoms. The monoisotopic (exact) mass is 325 g/mol. The van der Waals surface area contributed by atoms with Gasteiger partial charge in [0.25, 0.3) is 0 Å². The number of benzene rings is 2. The Morgan fingerprint density at radius 3 is 2.21 bits per heavy atom. The molecule has 2 aromatic rings. The zero-order valence-electron chi connectivity index (χ0n) is 14.6. The van der Waals surface area contributed by atoms with Crippen LogP contribution in [0.5, 0.6) is 0 Å². The highest BCUT2D eigenvalue weighted by Crippen LogP contribution is 2.18. The number of carbonyl (C=O) groups is 1. The van der Waals surface area contributed by atoms with E-state index in [0.717, 1.165) is 30.2 Å². The van der Waals surface area contributed by atoms with Gasteiger partial charge >= 0.3 is 0 Å². The van der Waals surface area contributed by atoms with E-state index in [1.165, 1.54) is 12.8 Å². The summed E-state index contributed by atoms with van der Waals surface area (Å²) < 4.78 is 0. The van der Waals surface area contributed by atoms with E-state index in [4.69, 9.17) is 0 Å². The van der Waals surface area contributed by atoms with Crippen molar-refractivity contribution in [1.82, 2.24) is 4.90 Å². The van der Waals surface area contributed by atoms with Gasteiger partial charge in [-0.25, -0.2) is 0 Å². The number of carbonyl (C=O) groups excluding carboxylic acids is 1. The Bertz CT molecular complexity index is 611. The van der Waals surface area contributed by atoms with Crippen molar-refractivity contribution in [3.05, 3.63) is 54.6 Å². The lowest BCUT2D eigenvalue weighted by Gasteiger charge is -2.15. The number of hydrogen-bond donors (Lipinski definition) is 2. The number of anilines is 3. The normalized spacial score (nSPS) is 10.6. The minimum atomic E-state index is 0.0575. The smallest absolute Gasteiger partial charge is 0.225 e. The lowest BCUT2D eigenvalue weighted by molar-refractivity contribution is -0.116. The van der Waals surface area contributed by atoms with Gasteiger partial charge in [-0.2, -0.15) is 0 Å². The summed E-state index contributed by atoms with van der Waals surface area (Å²) in [7, 11) is 2.06. The summed E-state index contributed by atoms with van der Waals surface area (Å²) in [6, 6.07) is 17.8. The first-order valence-corrected chi connectivity index (χ1v) is 8.58. The van der Waals surface area contributed by atoms with Crippen LogP contribution in [0.15, 0.2) is 54.6 Å². The van der Waals surface area contributed by atoms with E-state index in [9.17, 15) is 4.79 Å². The number of unbranched alkanes of at least 4 members (excludes halogenated alkanes) is 1. The number of para-hydroxylation sites is 1. The first-order chi connectivity index (χ1) is 11.7. The summed E-state index contributed by atoms with van der Waals surface area (Å²) in [5.74, 6) is 0.0575. The average molecular weight is 325 g/mol. The van der Waals surface area contributed by atoms with Gasteiger partial charge in [0.05, 0.1) is 0 Å². The molecule has 4 nitrogen and oxygen atoms in total. The van der Waals surface area contributed by atoms with E-state index in [-0.39, 0.29) is 5.91 Å². The van der Waals surface area contributed by atoms with Gasteiger partial charge in [0.15, 0.2) is 0 Å².